The van der Waals surface area contributed by atoms with Crippen LogP contribution in [0.15, 0.2) is 0 Å². The summed E-state index contributed by atoms with van der Waals surface area (Å²) in [7, 11) is 1.93. The Morgan fingerprint density at radius 2 is 1.87 bits per heavy atom. The quantitative estimate of drug-likeness (QED) is 0.249. The van der Waals surface area contributed by atoms with Crippen LogP contribution in [0.3, 0.4) is 0 Å². The number of nitrogens with zero attached hydrogens (tertiary/aromatic N) is 1. The fourth-order valence-electron chi connectivity index (χ4n) is 1.75. The first-order chi connectivity index (χ1) is 7.06. The standard InChI is InChI=1S/C12H25ClIN/c1-4-5-6-7-12(14)9-8-11(2)10-15(3)13/h11-12H,4-10H2,1-3H3. The molecule has 15 heavy (non-hydrogen) atoms. The summed E-state index contributed by atoms with van der Waals surface area (Å²) in [5, 5.41) is 0. The lowest BCUT2D eigenvalue weighted by molar-refractivity contribution is 0.397. The van der Waals surface area contributed by atoms with Gasteiger partial charge in [0, 0.05) is 17.5 Å². The molecule has 0 saturated heterocycles. The van der Waals surface area contributed by atoms with Crippen molar-refractivity contribution in [2.75, 3.05) is 13.6 Å². The van der Waals surface area contributed by atoms with Gasteiger partial charge in [0.15, 0.2) is 0 Å². The van der Waals surface area contributed by atoms with Crippen LogP contribution in [-0.2, 0) is 0 Å². The third-order valence-electron chi connectivity index (χ3n) is 2.66. The van der Waals surface area contributed by atoms with Gasteiger partial charge in [0.05, 0.1) is 0 Å². The summed E-state index contributed by atoms with van der Waals surface area (Å²) in [5.74, 6) is 0.718. The van der Waals surface area contributed by atoms with Crippen molar-refractivity contribution >= 4 is 34.4 Å². The predicted molar refractivity (Wildman–Crippen MR) is 78.8 cm³/mol. The number of rotatable bonds is 9. The third-order valence-corrected chi connectivity index (χ3v) is 4.04. The van der Waals surface area contributed by atoms with Crippen molar-refractivity contribution in [1.82, 2.24) is 4.42 Å². The summed E-state index contributed by atoms with van der Waals surface area (Å²) in [6, 6.07) is 0. The normalized spacial score (nSPS) is 15.6. The molecular formula is C12H25ClIN. The van der Waals surface area contributed by atoms with E-state index in [4.69, 9.17) is 11.8 Å². The highest BCUT2D eigenvalue weighted by molar-refractivity contribution is 14.1. The Labute approximate surface area is 114 Å². The molecule has 0 heterocycles. The van der Waals surface area contributed by atoms with Crippen LogP contribution in [0.4, 0.5) is 0 Å². The van der Waals surface area contributed by atoms with Crippen LogP contribution in [0.25, 0.3) is 0 Å². The zero-order chi connectivity index (χ0) is 11.7. The molecule has 0 spiro atoms. The van der Waals surface area contributed by atoms with Gasteiger partial charge in [-0.25, -0.2) is 4.42 Å². The molecule has 0 amide bonds. The van der Waals surface area contributed by atoms with E-state index < -0.39 is 0 Å². The zero-order valence-electron chi connectivity index (χ0n) is 10.3. The molecule has 0 aromatic carbocycles. The smallest absolute Gasteiger partial charge is 0.0161 e. The second-order valence-electron chi connectivity index (χ2n) is 4.56. The molecule has 0 aliphatic heterocycles. The highest BCUT2D eigenvalue weighted by Gasteiger charge is 2.08. The lowest BCUT2D eigenvalue weighted by Crippen LogP contribution is -2.16. The monoisotopic (exact) mass is 345 g/mol. The molecule has 2 atom stereocenters. The number of hydrogen-bond donors (Lipinski definition) is 0. The molecule has 0 aromatic heterocycles. The summed E-state index contributed by atoms with van der Waals surface area (Å²) >= 11 is 8.42. The third kappa shape index (κ3) is 11.2. The molecule has 0 aromatic rings. The lowest BCUT2D eigenvalue weighted by Gasteiger charge is -2.16. The van der Waals surface area contributed by atoms with Crippen molar-refractivity contribution in [3.8, 4) is 0 Å². The largest absolute Gasteiger partial charge is 0.223 e. The van der Waals surface area contributed by atoms with E-state index in [-0.39, 0.29) is 0 Å². The molecule has 1 nitrogen and oxygen atoms in total. The first kappa shape index (κ1) is 16.0. The molecule has 0 N–H and O–H groups in total. The lowest BCUT2D eigenvalue weighted by atomic mass is 10.0. The van der Waals surface area contributed by atoms with E-state index in [2.05, 4.69) is 36.4 Å². The predicted octanol–water partition coefficient (Wildman–Crippen LogP) is 4.87. The van der Waals surface area contributed by atoms with E-state index in [0.29, 0.717) is 0 Å². The maximum atomic E-state index is 5.82. The fraction of sp³-hybridized carbons (Fsp3) is 1.00. The highest BCUT2D eigenvalue weighted by Crippen LogP contribution is 2.20. The Balaban J connectivity index is 3.39. The van der Waals surface area contributed by atoms with Gasteiger partial charge in [0.1, 0.15) is 0 Å². The second-order valence-corrected chi connectivity index (χ2v) is 6.90. The summed E-state index contributed by atoms with van der Waals surface area (Å²) < 4.78 is 2.63. The van der Waals surface area contributed by atoms with E-state index in [9.17, 15) is 0 Å². The van der Waals surface area contributed by atoms with Crippen LogP contribution < -0.4 is 0 Å². The Morgan fingerprint density at radius 3 is 2.40 bits per heavy atom. The molecule has 92 valence electrons. The van der Waals surface area contributed by atoms with E-state index in [1.54, 1.807) is 4.42 Å². The number of unbranched alkanes of at least 4 members (excludes halogenated alkanes) is 2. The summed E-state index contributed by atoms with van der Waals surface area (Å²) in [6.07, 6.45) is 8.15. The molecule has 0 saturated carbocycles. The minimum absolute atomic E-state index is 0.718. The van der Waals surface area contributed by atoms with Crippen LogP contribution in [0.5, 0.6) is 0 Å². The zero-order valence-corrected chi connectivity index (χ0v) is 13.2. The molecule has 2 unspecified atom stereocenters. The van der Waals surface area contributed by atoms with Gasteiger partial charge in [0.2, 0.25) is 0 Å². The van der Waals surface area contributed by atoms with E-state index in [1.165, 1.54) is 38.5 Å². The van der Waals surface area contributed by atoms with Crippen LogP contribution in [0, 0.1) is 5.92 Å². The van der Waals surface area contributed by atoms with Crippen LogP contribution >= 0.6 is 34.4 Å². The van der Waals surface area contributed by atoms with Crippen molar-refractivity contribution in [1.29, 1.82) is 0 Å². The van der Waals surface area contributed by atoms with Gasteiger partial charge in [0.25, 0.3) is 0 Å². The summed E-state index contributed by atoms with van der Waals surface area (Å²) in [5.41, 5.74) is 0. The van der Waals surface area contributed by atoms with Gasteiger partial charge in [-0.2, -0.15) is 0 Å². The molecule has 0 radical (unpaired) electrons. The minimum Gasteiger partial charge on any atom is -0.223 e. The highest BCUT2D eigenvalue weighted by atomic mass is 127. The van der Waals surface area contributed by atoms with Gasteiger partial charge >= 0.3 is 0 Å². The van der Waals surface area contributed by atoms with E-state index in [1.807, 2.05) is 7.05 Å². The van der Waals surface area contributed by atoms with Gasteiger partial charge in [-0.15, -0.1) is 0 Å². The first-order valence-electron chi connectivity index (χ1n) is 6.07. The van der Waals surface area contributed by atoms with Gasteiger partial charge in [-0.3, -0.25) is 0 Å². The number of alkyl halides is 1. The topological polar surface area (TPSA) is 3.24 Å². The average molecular weight is 346 g/mol. The molecule has 0 bridgehead atoms. The van der Waals surface area contributed by atoms with E-state index in [0.717, 1.165) is 16.4 Å². The fourth-order valence-corrected chi connectivity index (χ4v) is 2.78. The van der Waals surface area contributed by atoms with Crippen molar-refractivity contribution in [3.63, 3.8) is 0 Å². The number of hydrogen-bond acceptors (Lipinski definition) is 1. The second kappa shape index (κ2) is 10.2. The maximum absolute atomic E-state index is 5.82. The molecule has 0 aliphatic rings. The van der Waals surface area contributed by atoms with Crippen LogP contribution in [0.2, 0.25) is 0 Å². The van der Waals surface area contributed by atoms with Crippen molar-refractivity contribution in [2.24, 2.45) is 5.92 Å². The molecule has 0 aliphatic carbocycles. The Kier molecular flexibility index (Phi) is 10.8. The maximum Gasteiger partial charge on any atom is 0.0161 e. The van der Waals surface area contributed by atoms with Crippen molar-refractivity contribution in [3.05, 3.63) is 0 Å². The average Bonchev–Trinajstić information content (AvgIpc) is 2.14. The summed E-state index contributed by atoms with van der Waals surface area (Å²) in [6.45, 7) is 5.55. The van der Waals surface area contributed by atoms with Gasteiger partial charge in [-0.1, -0.05) is 55.7 Å². The minimum atomic E-state index is 0.718. The molecule has 0 fully saturated rings. The van der Waals surface area contributed by atoms with Crippen molar-refractivity contribution in [2.45, 2.75) is 56.3 Å². The van der Waals surface area contributed by atoms with Crippen LogP contribution in [-0.4, -0.2) is 21.9 Å². The number of halogens is 2. The van der Waals surface area contributed by atoms with E-state index >= 15 is 0 Å². The Bertz CT molecular complexity index is 142. The first-order valence-corrected chi connectivity index (χ1v) is 7.65. The Hall–Kier alpha value is 0.980. The van der Waals surface area contributed by atoms with Gasteiger partial charge < -0.3 is 0 Å². The SMILES string of the molecule is CCCCCC(I)CCC(C)CN(C)Cl. The van der Waals surface area contributed by atoms with Crippen LogP contribution in [0.1, 0.15) is 52.4 Å². The van der Waals surface area contributed by atoms with Crippen molar-refractivity contribution < 1.29 is 0 Å². The molecule has 3 heteroatoms. The molecular weight excluding hydrogens is 320 g/mol. The molecule has 0 rings (SSSR count). The van der Waals surface area contributed by atoms with Gasteiger partial charge in [-0.05, 0) is 37.0 Å². The summed E-state index contributed by atoms with van der Waals surface area (Å²) in [4.78, 5) is 0. The Morgan fingerprint density at radius 1 is 1.20 bits per heavy atom.